The van der Waals surface area contributed by atoms with Gasteiger partial charge in [-0.2, -0.15) is 0 Å². The van der Waals surface area contributed by atoms with E-state index in [9.17, 15) is 0 Å². The quantitative estimate of drug-likeness (QED) is 0.803. The van der Waals surface area contributed by atoms with E-state index in [2.05, 4.69) is 44.8 Å². The van der Waals surface area contributed by atoms with Crippen molar-refractivity contribution in [2.45, 2.75) is 25.3 Å². The number of hydrogen-bond donors (Lipinski definition) is 1. The standard InChI is InChI=1S/C17H16N4O/c1-2-6-13-11-14(9-8-12(13)5-1)19-17-21-20-16(22-17)15-7-3-4-10-18-15/h1-7,10,14H,8-9,11H2,(H,19,21). The molecule has 1 aliphatic carbocycles. The fourth-order valence-electron chi connectivity index (χ4n) is 2.87. The van der Waals surface area contributed by atoms with Crippen LogP contribution in [0.4, 0.5) is 6.01 Å². The minimum absolute atomic E-state index is 0.326. The molecule has 3 aromatic rings. The summed E-state index contributed by atoms with van der Waals surface area (Å²) in [5, 5.41) is 11.5. The second kappa shape index (κ2) is 5.60. The van der Waals surface area contributed by atoms with Gasteiger partial charge >= 0.3 is 6.01 Å². The SMILES string of the molecule is c1ccc(-c2nnc(NC3CCc4ccccc4C3)o2)nc1. The Kier molecular flexibility index (Phi) is 3.31. The van der Waals surface area contributed by atoms with E-state index in [1.165, 1.54) is 11.1 Å². The van der Waals surface area contributed by atoms with Crippen molar-refractivity contribution in [1.29, 1.82) is 0 Å². The number of rotatable bonds is 3. The lowest BCUT2D eigenvalue weighted by molar-refractivity contribution is 0.541. The normalized spacial score (nSPS) is 17.0. The molecule has 1 atom stereocenters. The second-order valence-corrected chi connectivity index (χ2v) is 5.48. The van der Waals surface area contributed by atoms with Gasteiger partial charge in [0.15, 0.2) is 0 Å². The molecule has 0 fully saturated rings. The lowest BCUT2D eigenvalue weighted by Gasteiger charge is -2.24. The Hall–Kier alpha value is -2.69. The highest BCUT2D eigenvalue weighted by molar-refractivity contribution is 5.46. The zero-order valence-electron chi connectivity index (χ0n) is 12.1. The highest BCUT2D eigenvalue weighted by Gasteiger charge is 2.20. The molecule has 0 saturated carbocycles. The lowest BCUT2D eigenvalue weighted by atomic mass is 9.88. The Morgan fingerprint density at radius 3 is 2.73 bits per heavy atom. The zero-order chi connectivity index (χ0) is 14.8. The monoisotopic (exact) mass is 292 g/mol. The number of pyridine rings is 1. The van der Waals surface area contributed by atoms with Crippen LogP contribution in [0.15, 0.2) is 53.1 Å². The van der Waals surface area contributed by atoms with Crippen molar-refractivity contribution in [3.05, 3.63) is 59.8 Å². The first-order valence-corrected chi connectivity index (χ1v) is 7.47. The van der Waals surface area contributed by atoms with E-state index in [1.807, 2.05) is 18.2 Å². The molecule has 5 nitrogen and oxygen atoms in total. The van der Waals surface area contributed by atoms with Crippen molar-refractivity contribution in [3.8, 4) is 11.6 Å². The van der Waals surface area contributed by atoms with Gasteiger partial charge < -0.3 is 9.73 Å². The maximum absolute atomic E-state index is 5.66. The summed E-state index contributed by atoms with van der Waals surface area (Å²) < 4.78 is 5.66. The Balaban J connectivity index is 1.48. The molecule has 0 bridgehead atoms. The fourth-order valence-corrected chi connectivity index (χ4v) is 2.87. The van der Waals surface area contributed by atoms with Crippen molar-refractivity contribution in [2.75, 3.05) is 5.32 Å². The van der Waals surface area contributed by atoms with Crippen LogP contribution < -0.4 is 5.32 Å². The van der Waals surface area contributed by atoms with Gasteiger partial charge in [-0.3, -0.25) is 4.98 Å². The summed E-state index contributed by atoms with van der Waals surface area (Å²) in [6.07, 6.45) is 4.84. The predicted molar refractivity (Wildman–Crippen MR) is 83.4 cm³/mol. The van der Waals surface area contributed by atoms with Crippen molar-refractivity contribution >= 4 is 6.01 Å². The van der Waals surface area contributed by atoms with Gasteiger partial charge in [-0.05, 0) is 42.5 Å². The largest absolute Gasteiger partial charge is 0.402 e. The van der Waals surface area contributed by atoms with Crippen molar-refractivity contribution in [1.82, 2.24) is 15.2 Å². The molecule has 1 unspecified atom stereocenters. The van der Waals surface area contributed by atoms with Gasteiger partial charge in [0.1, 0.15) is 5.69 Å². The number of benzene rings is 1. The molecule has 0 saturated heterocycles. The van der Waals surface area contributed by atoms with E-state index in [4.69, 9.17) is 4.42 Å². The van der Waals surface area contributed by atoms with E-state index in [0.717, 1.165) is 19.3 Å². The number of aromatic nitrogens is 3. The Bertz CT molecular complexity index is 769. The number of aryl methyl sites for hydroxylation is 1. The molecule has 1 N–H and O–H groups in total. The first-order valence-electron chi connectivity index (χ1n) is 7.47. The van der Waals surface area contributed by atoms with Crippen LogP contribution in [-0.4, -0.2) is 21.2 Å². The second-order valence-electron chi connectivity index (χ2n) is 5.48. The number of hydrogen-bond acceptors (Lipinski definition) is 5. The first-order chi connectivity index (χ1) is 10.9. The van der Waals surface area contributed by atoms with Gasteiger partial charge in [0.25, 0.3) is 5.89 Å². The predicted octanol–water partition coefficient (Wildman–Crippen LogP) is 3.10. The smallest absolute Gasteiger partial charge is 0.316 e. The average Bonchev–Trinajstić information content (AvgIpc) is 3.04. The molecule has 1 aromatic carbocycles. The highest BCUT2D eigenvalue weighted by atomic mass is 16.4. The molecule has 0 amide bonds. The summed E-state index contributed by atoms with van der Waals surface area (Å²) in [4.78, 5) is 4.21. The molecular formula is C17H16N4O. The maximum Gasteiger partial charge on any atom is 0.316 e. The molecule has 2 aromatic heterocycles. The summed E-state index contributed by atoms with van der Waals surface area (Å²) in [5.74, 6) is 0.444. The van der Waals surface area contributed by atoms with Gasteiger partial charge in [0, 0.05) is 12.2 Å². The molecule has 4 rings (SSSR count). The van der Waals surface area contributed by atoms with Crippen molar-refractivity contribution < 1.29 is 4.42 Å². The molecule has 1 aliphatic rings. The van der Waals surface area contributed by atoms with Gasteiger partial charge in [-0.15, -0.1) is 5.10 Å². The Morgan fingerprint density at radius 2 is 1.86 bits per heavy atom. The molecule has 22 heavy (non-hydrogen) atoms. The van der Waals surface area contributed by atoms with Crippen LogP contribution in [0.5, 0.6) is 0 Å². The van der Waals surface area contributed by atoms with Gasteiger partial charge in [-0.1, -0.05) is 35.4 Å². The van der Waals surface area contributed by atoms with Crippen LogP contribution in [0.3, 0.4) is 0 Å². The first kappa shape index (κ1) is 13.0. The summed E-state index contributed by atoms with van der Waals surface area (Å²) in [6.45, 7) is 0. The number of anilines is 1. The molecule has 0 spiro atoms. The third-order valence-electron chi connectivity index (χ3n) is 3.98. The summed E-state index contributed by atoms with van der Waals surface area (Å²) in [6, 6.07) is 15.0. The molecular weight excluding hydrogens is 276 g/mol. The minimum Gasteiger partial charge on any atom is -0.402 e. The third-order valence-corrected chi connectivity index (χ3v) is 3.98. The summed E-state index contributed by atoms with van der Waals surface area (Å²) >= 11 is 0. The van der Waals surface area contributed by atoms with Crippen LogP contribution in [0.1, 0.15) is 17.5 Å². The molecule has 110 valence electrons. The van der Waals surface area contributed by atoms with Gasteiger partial charge in [-0.25, -0.2) is 0 Å². The highest BCUT2D eigenvalue weighted by Crippen LogP contribution is 2.24. The zero-order valence-corrected chi connectivity index (χ0v) is 12.1. The topological polar surface area (TPSA) is 63.8 Å². The van der Waals surface area contributed by atoms with Gasteiger partial charge in [0.05, 0.1) is 0 Å². The Morgan fingerprint density at radius 1 is 1.00 bits per heavy atom. The molecule has 0 radical (unpaired) electrons. The van der Waals surface area contributed by atoms with Gasteiger partial charge in [0.2, 0.25) is 0 Å². The van der Waals surface area contributed by atoms with Crippen molar-refractivity contribution in [2.24, 2.45) is 0 Å². The molecule has 2 heterocycles. The van der Waals surface area contributed by atoms with E-state index in [1.54, 1.807) is 6.20 Å². The fraction of sp³-hybridized carbons (Fsp3) is 0.235. The number of nitrogens with zero attached hydrogens (tertiary/aromatic N) is 3. The van der Waals surface area contributed by atoms with E-state index in [0.29, 0.717) is 23.6 Å². The summed E-state index contributed by atoms with van der Waals surface area (Å²) in [7, 11) is 0. The van der Waals surface area contributed by atoms with Crippen molar-refractivity contribution in [3.63, 3.8) is 0 Å². The van der Waals surface area contributed by atoms with Crippen LogP contribution in [0.2, 0.25) is 0 Å². The maximum atomic E-state index is 5.66. The average molecular weight is 292 g/mol. The lowest BCUT2D eigenvalue weighted by Crippen LogP contribution is -2.27. The van der Waals surface area contributed by atoms with E-state index in [-0.39, 0.29) is 0 Å². The summed E-state index contributed by atoms with van der Waals surface area (Å²) in [5.41, 5.74) is 3.54. The minimum atomic E-state index is 0.326. The third kappa shape index (κ3) is 2.57. The van der Waals surface area contributed by atoms with Crippen LogP contribution >= 0.6 is 0 Å². The van der Waals surface area contributed by atoms with E-state index >= 15 is 0 Å². The molecule has 5 heteroatoms. The van der Waals surface area contributed by atoms with Crippen LogP contribution in [0.25, 0.3) is 11.6 Å². The number of fused-ring (bicyclic) bond motifs is 1. The Labute approximate surface area is 128 Å². The van der Waals surface area contributed by atoms with Crippen LogP contribution in [0, 0.1) is 0 Å². The molecule has 0 aliphatic heterocycles. The van der Waals surface area contributed by atoms with Crippen LogP contribution in [-0.2, 0) is 12.8 Å². The van der Waals surface area contributed by atoms with E-state index < -0.39 is 0 Å². The number of nitrogens with one attached hydrogen (secondary N) is 1.